The van der Waals surface area contributed by atoms with Crippen molar-refractivity contribution in [1.82, 2.24) is 4.31 Å². The first-order valence-electron chi connectivity index (χ1n) is 11.4. The average molecular weight is 587 g/mol. The van der Waals surface area contributed by atoms with Crippen molar-refractivity contribution in [3.63, 3.8) is 0 Å². The largest absolute Gasteiger partial charge is 0.431 e. The number of aliphatic hydroxyl groups is 1. The van der Waals surface area contributed by atoms with Gasteiger partial charge < -0.3 is 10.0 Å². The summed E-state index contributed by atoms with van der Waals surface area (Å²) in [5, 5.41) is 13.8. The molecule has 39 heavy (non-hydrogen) atoms. The highest BCUT2D eigenvalue weighted by Crippen LogP contribution is 2.49. The van der Waals surface area contributed by atoms with E-state index in [1.807, 2.05) is 4.90 Å². The number of benzene rings is 2. The van der Waals surface area contributed by atoms with E-state index in [-0.39, 0.29) is 18.7 Å². The van der Waals surface area contributed by atoms with Gasteiger partial charge in [0.15, 0.2) is 5.82 Å². The van der Waals surface area contributed by atoms with Gasteiger partial charge in [-0.1, -0.05) is 12.1 Å². The first-order chi connectivity index (χ1) is 17.9. The zero-order valence-corrected chi connectivity index (χ0v) is 21.0. The van der Waals surface area contributed by atoms with Gasteiger partial charge in [-0.25, -0.2) is 17.2 Å². The Bertz CT molecular complexity index is 1340. The van der Waals surface area contributed by atoms with Gasteiger partial charge in [-0.15, -0.1) is 0 Å². The molecule has 2 aromatic rings. The van der Waals surface area contributed by atoms with Crippen LogP contribution in [0.25, 0.3) is 0 Å². The molecular formula is C23H22F8N4O3S. The zero-order valence-electron chi connectivity index (χ0n) is 20.1. The summed E-state index contributed by atoms with van der Waals surface area (Å²) in [6, 6.07) is 6.43. The van der Waals surface area contributed by atoms with Crippen LogP contribution in [0.1, 0.15) is 18.0 Å². The molecular weight excluding hydrogens is 564 g/mol. The molecule has 1 fully saturated rings. The summed E-state index contributed by atoms with van der Waals surface area (Å²) >= 11 is 0. The molecule has 0 spiro atoms. The summed E-state index contributed by atoms with van der Waals surface area (Å²) in [5.41, 5.74) is -6.85. The Labute approximate surface area is 218 Å². The van der Waals surface area contributed by atoms with E-state index in [0.717, 1.165) is 18.4 Å². The number of sulfonamides is 1. The van der Waals surface area contributed by atoms with Crippen LogP contribution in [0.5, 0.6) is 0 Å². The van der Waals surface area contributed by atoms with Crippen LogP contribution in [-0.2, 0) is 10.0 Å². The average Bonchev–Trinajstić information content (AvgIpc) is 3.27. The van der Waals surface area contributed by atoms with Gasteiger partial charge in [0.1, 0.15) is 5.82 Å². The van der Waals surface area contributed by atoms with Crippen LogP contribution in [-0.4, -0.2) is 73.9 Å². The summed E-state index contributed by atoms with van der Waals surface area (Å²) in [5.74, 6) is -2.31. The number of anilines is 2. The van der Waals surface area contributed by atoms with E-state index >= 15 is 0 Å². The van der Waals surface area contributed by atoms with Crippen molar-refractivity contribution in [2.45, 2.75) is 30.4 Å². The Morgan fingerprint density at radius 2 is 1.46 bits per heavy atom. The summed E-state index contributed by atoms with van der Waals surface area (Å²) in [6.45, 7) is 1.09. The first-order valence-corrected chi connectivity index (χ1v) is 13.3. The molecule has 7 nitrogen and oxygen atoms in total. The third kappa shape index (κ3) is 5.41. The predicted molar refractivity (Wildman–Crippen MR) is 126 cm³/mol. The van der Waals surface area contributed by atoms with Gasteiger partial charge in [0.2, 0.25) is 10.0 Å². The van der Waals surface area contributed by atoms with Crippen molar-refractivity contribution in [2.24, 2.45) is 5.10 Å². The maximum atomic E-state index is 14.6. The number of rotatable bonds is 5. The Hall–Kier alpha value is -2.98. The van der Waals surface area contributed by atoms with E-state index < -0.39 is 63.5 Å². The van der Waals surface area contributed by atoms with Crippen LogP contribution in [0.15, 0.2) is 47.6 Å². The van der Waals surface area contributed by atoms with Crippen LogP contribution < -0.4 is 9.91 Å². The van der Waals surface area contributed by atoms with Gasteiger partial charge in [0.05, 0.1) is 23.7 Å². The molecule has 16 heteroatoms. The van der Waals surface area contributed by atoms with Gasteiger partial charge in [0, 0.05) is 44.4 Å². The van der Waals surface area contributed by atoms with E-state index in [4.69, 9.17) is 0 Å². The third-order valence-electron chi connectivity index (χ3n) is 6.66. The zero-order chi connectivity index (χ0) is 29.0. The number of alkyl halides is 6. The molecule has 2 aliphatic rings. The SMILES string of the molecule is CS(=O)(=O)N1CCN(c2ccc(C3CC(C(O)(C(F)(F)F)C(F)(F)F)=NN3c3ccc(F)cc3F)cc2)CC1. The molecule has 0 radical (unpaired) electrons. The lowest BCUT2D eigenvalue weighted by Gasteiger charge is -2.35. The van der Waals surface area contributed by atoms with Crippen molar-refractivity contribution in [2.75, 3.05) is 42.3 Å². The van der Waals surface area contributed by atoms with Crippen molar-refractivity contribution in [1.29, 1.82) is 0 Å². The molecule has 1 N–H and O–H groups in total. The lowest BCUT2D eigenvalue weighted by molar-refractivity contribution is -0.338. The summed E-state index contributed by atoms with van der Waals surface area (Å²) < 4.78 is 134. The van der Waals surface area contributed by atoms with Gasteiger partial charge in [0.25, 0.3) is 5.60 Å². The topological polar surface area (TPSA) is 76.5 Å². The molecule has 1 atom stereocenters. The fraction of sp³-hybridized carbons (Fsp3) is 0.435. The van der Waals surface area contributed by atoms with E-state index in [9.17, 15) is 48.6 Å². The highest BCUT2D eigenvalue weighted by atomic mass is 32.2. The van der Waals surface area contributed by atoms with Crippen molar-refractivity contribution in [3.8, 4) is 0 Å². The molecule has 0 bridgehead atoms. The van der Waals surface area contributed by atoms with Crippen LogP contribution >= 0.6 is 0 Å². The number of hydrogen-bond donors (Lipinski definition) is 1. The lowest BCUT2D eigenvalue weighted by atomic mass is 9.90. The highest BCUT2D eigenvalue weighted by Gasteiger charge is 2.74. The van der Waals surface area contributed by atoms with Gasteiger partial charge >= 0.3 is 12.4 Å². The fourth-order valence-corrected chi connectivity index (χ4v) is 5.38. The summed E-state index contributed by atoms with van der Waals surface area (Å²) in [7, 11) is -3.37. The molecule has 0 aliphatic carbocycles. The number of piperazine rings is 1. The lowest BCUT2D eigenvalue weighted by Crippen LogP contribution is -2.62. The normalized spacial score (nSPS) is 19.9. The minimum Gasteiger partial charge on any atom is -0.369 e. The van der Waals surface area contributed by atoms with Gasteiger partial charge in [-0.3, -0.25) is 5.01 Å². The van der Waals surface area contributed by atoms with Crippen LogP contribution in [0.2, 0.25) is 0 Å². The highest BCUT2D eigenvalue weighted by molar-refractivity contribution is 7.88. The van der Waals surface area contributed by atoms with E-state index in [1.165, 1.54) is 28.6 Å². The molecule has 1 saturated heterocycles. The number of halogens is 8. The second-order valence-electron chi connectivity index (χ2n) is 9.15. The summed E-state index contributed by atoms with van der Waals surface area (Å²) in [6.07, 6.45) is -12.4. The number of hydrazone groups is 1. The third-order valence-corrected chi connectivity index (χ3v) is 7.96. The van der Waals surface area contributed by atoms with Crippen molar-refractivity contribution in [3.05, 3.63) is 59.7 Å². The monoisotopic (exact) mass is 586 g/mol. The van der Waals surface area contributed by atoms with E-state index in [1.54, 1.807) is 0 Å². The quantitative estimate of drug-likeness (QED) is 0.532. The molecule has 0 aromatic heterocycles. The standard InChI is InChI=1S/C23H22F8N4O3S/c1-39(37,38)34-10-8-33(9-11-34)16-5-2-14(3-6-16)19-13-20(21(36,22(26,27)28)23(29,30)31)32-35(19)18-7-4-15(24)12-17(18)25/h2-7,12,19,36H,8-11,13H2,1H3. The van der Waals surface area contributed by atoms with Crippen LogP contribution in [0.3, 0.4) is 0 Å². The molecule has 2 aromatic carbocycles. The Morgan fingerprint density at radius 1 is 0.897 bits per heavy atom. The minimum absolute atomic E-state index is 0.141. The Kier molecular flexibility index (Phi) is 7.36. The molecule has 2 heterocycles. The van der Waals surface area contributed by atoms with E-state index in [2.05, 4.69) is 5.10 Å². The van der Waals surface area contributed by atoms with Gasteiger partial charge in [-0.05, 0) is 29.8 Å². The molecule has 214 valence electrons. The maximum Gasteiger partial charge on any atom is 0.431 e. The van der Waals surface area contributed by atoms with Crippen LogP contribution in [0, 0.1) is 11.6 Å². The summed E-state index contributed by atoms with van der Waals surface area (Å²) in [4.78, 5) is 1.84. The fourth-order valence-electron chi connectivity index (χ4n) is 4.55. The second-order valence-corrected chi connectivity index (χ2v) is 11.1. The van der Waals surface area contributed by atoms with Crippen molar-refractivity contribution >= 4 is 27.1 Å². The van der Waals surface area contributed by atoms with Crippen LogP contribution in [0.4, 0.5) is 46.5 Å². The molecule has 0 saturated carbocycles. The molecule has 2 aliphatic heterocycles. The minimum atomic E-state index is -6.19. The number of nitrogens with zero attached hydrogens (tertiary/aromatic N) is 4. The smallest absolute Gasteiger partial charge is 0.369 e. The Morgan fingerprint density at radius 3 is 1.95 bits per heavy atom. The molecule has 0 amide bonds. The maximum absolute atomic E-state index is 14.6. The van der Waals surface area contributed by atoms with Crippen molar-refractivity contribution < 1.29 is 48.6 Å². The number of hydrogen-bond acceptors (Lipinski definition) is 6. The molecule has 4 rings (SSSR count). The Balaban J connectivity index is 1.68. The van der Waals surface area contributed by atoms with E-state index in [0.29, 0.717) is 29.9 Å². The first kappa shape index (κ1) is 29.0. The predicted octanol–water partition coefficient (Wildman–Crippen LogP) is 4.21. The second kappa shape index (κ2) is 9.89. The molecule has 1 unspecified atom stereocenters. The van der Waals surface area contributed by atoms with Gasteiger partial charge in [-0.2, -0.15) is 35.7 Å².